The summed E-state index contributed by atoms with van der Waals surface area (Å²) in [7, 11) is 0. The van der Waals surface area contributed by atoms with Crippen molar-refractivity contribution in [2.24, 2.45) is 0 Å². The number of oxazole rings is 1. The molecule has 5 rings (SSSR count). The minimum atomic E-state index is -5.08. The predicted octanol–water partition coefficient (Wildman–Crippen LogP) is 5.78. The zero-order chi connectivity index (χ0) is 26.0. The Morgan fingerprint density at radius 3 is 2.58 bits per heavy atom. The summed E-state index contributed by atoms with van der Waals surface area (Å²) < 4.78 is 41.7. The number of pyridine rings is 1. The average molecular weight is 538 g/mol. The minimum Gasteiger partial charge on any atom is -0.475 e. The van der Waals surface area contributed by atoms with E-state index in [4.69, 9.17) is 25.9 Å². The number of nitrogens with zero attached hydrogens (tertiary/aromatic N) is 5. The van der Waals surface area contributed by atoms with Crippen LogP contribution in [-0.2, 0) is 4.79 Å². The molecule has 0 spiro atoms. The van der Waals surface area contributed by atoms with Gasteiger partial charge in [0.25, 0.3) is 0 Å². The van der Waals surface area contributed by atoms with Gasteiger partial charge in [-0.1, -0.05) is 11.6 Å². The van der Waals surface area contributed by atoms with Crippen LogP contribution < -0.4 is 5.32 Å². The van der Waals surface area contributed by atoms with Crippen LogP contribution in [0.1, 0.15) is 11.4 Å². The van der Waals surface area contributed by atoms with E-state index in [-0.39, 0.29) is 0 Å². The van der Waals surface area contributed by atoms with E-state index >= 15 is 0 Å². The van der Waals surface area contributed by atoms with Crippen molar-refractivity contribution in [3.8, 4) is 23.0 Å². The van der Waals surface area contributed by atoms with Gasteiger partial charge in [0.1, 0.15) is 12.0 Å². The van der Waals surface area contributed by atoms with Crippen molar-refractivity contribution in [1.29, 1.82) is 0 Å². The molecule has 0 aliphatic carbocycles. The summed E-state index contributed by atoms with van der Waals surface area (Å²) in [4.78, 5) is 22.4. The lowest BCUT2D eigenvalue weighted by Crippen LogP contribution is -2.21. The largest absolute Gasteiger partial charge is 0.490 e. The van der Waals surface area contributed by atoms with E-state index in [2.05, 4.69) is 34.8 Å². The molecule has 186 valence electrons. The topological polar surface area (TPSA) is 143 Å². The Morgan fingerprint density at radius 1 is 1.17 bits per heavy atom. The summed E-state index contributed by atoms with van der Waals surface area (Å²) in [5.74, 6) is -1.69. The number of nitrogens with one attached hydrogen (secondary N) is 2. The number of carboxylic acids is 1. The first kappa shape index (κ1) is 25.1. The molecule has 0 radical (unpaired) electrons. The van der Waals surface area contributed by atoms with Crippen molar-refractivity contribution in [1.82, 2.24) is 29.5 Å². The van der Waals surface area contributed by atoms with Gasteiger partial charge in [0.2, 0.25) is 11.0 Å². The summed E-state index contributed by atoms with van der Waals surface area (Å²) in [6, 6.07) is 7.57. The summed E-state index contributed by atoms with van der Waals surface area (Å²) in [6.07, 6.45) is -1.77. The fraction of sp³-hybridized carbons (Fsp3) is 0.143. The Bertz CT molecular complexity index is 1550. The number of hydrogen-bond donors (Lipinski definition) is 3. The lowest BCUT2D eigenvalue weighted by atomic mass is 10.2. The third kappa shape index (κ3) is 5.60. The molecule has 5 aromatic rings. The van der Waals surface area contributed by atoms with Crippen LogP contribution in [0, 0.1) is 13.8 Å². The molecule has 0 bridgehead atoms. The van der Waals surface area contributed by atoms with Crippen LogP contribution in [0.2, 0.25) is 5.02 Å². The normalized spacial score (nSPS) is 11.3. The van der Waals surface area contributed by atoms with E-state index in [1.54, 1.807) is 12.5 Å². The molecule has 0 aliphatic heterocycles. The zero-order valence-corrected chi connectivity index (χ0v) is 20.0. The van der Waals surface area contributed by atoms with Gasteiger partial charge in [0, 0.05) is 28.2 Å². The molecule has 36 heavy (non-hydrogen) atoms. The fourth-order valence-corrected chi connectivity index (χ4v) is 3.82. The highest BCUT2D eigenvalue weighted by molar-refractivity contribution is 7.10. The van der Waals surface area contributed by atoms with Crippen molar-refractivity contribution < 1.29 is 27.5 Å². The number of alkyl halides is 3. The monoisotopic (exact) mass is 537 g/mol. The number of halogens is 4. The number of aliphatic carboxylic acids is 1. The highest BCUT2D eigenvalue weighted by Crippen LogP contribution is 2.33. The molecule has 0 atom stereocenters. The number of anilines is 2. The van der Waals surface area contributed by atoms with Crippen LogP contribution in [0.5, 0.6) is 0 Å². The van der Waals surface area contributed by atoms with Crippen molar-refractivity contribution >= 4 is 50.8 Å². The number of H-pyrrole nitrogens is 1. The van der Waals surface area contributed by atoms with Gasteiger partial charge in [-0.25, -0.2) is 14.8 Å². The van der Waals surface area contributed by atoms with Gasteiger partial charge in [-0.3, -0.25) is 5.10 Å². The molecule has 1 aromatic carbocycles. The number of carboxylic acid groups (broad SMARTS) is 1. The first-order valence-corrected chi connectivity index (χ1v) is 11.1. The van der Waals surface area contributed by atoms with E-state index in [1.165, 1.54) is 11.5 Å². The third-order valence-electron chi connectivity index (χ3n) is 4.52. The Morgan fingerprint density at radius 2 is 1.92 bits per heavy atom. The quantitative estimate of drug-likeness (QED) is 0.260. The number of carbonyl (C=O) groups is 1. The number of hydrogen-bond acceptors (Lipinski definition) is 9. The SMILES string of the molecule is Cc1cc(-c2nc(C)co2)cc(-c2nsc(Nc3ccc4[nH]ncc4c3Cl)n2)n1.O=C(O)C(F)(F)F. The van der Waals surface area contributed by atoms with E-state index < -0.39 is 12.1 Å². The Labute approximate surface area is 209 Å². The summed E-state index contributed by atoms with van der Waals surface area (Å²) in [5.41, 5.74) is 4.73. The lowest BCUT2D eigenvalue weighted by molar-refractivity contribution is -0.192. The van der Waals surface area contributed by atoms with Gasteiger partial charge in [-0.15, -0.1) is 0 Å². The van der Waals surface area contributed by atoms with Gasteiger partial charge >= 0.3 is 12.1 Å². The second kappa shape index (κ2) is 9.91. The molecule has 0 amide bonds. The number of rotatable bonds is 4. The molecule has 4 heterocycles. The van der Waals surface area contributed by atoms with E-state index in [9.17, 15) is 13.2 Å². The van der Waals surface area contributed by atoms with Crippen molar-refractivity contribution in [2.75, 3.05) is 5.32 Å². The first-order chi connectivity index (χ1) is 17.0. The second-order valence-corrected chi connectivity index (χ2v) is 8.42. The molecule has 0 saturated heterocycles. The van der Waals surface area contributed by atoms with Crippen LogP contribution in [-0.4, -0.2) is 46.8 Å². The maximum atomic E-state index is 10.6. The minimum absolute atomic E-state index is 0.520. The van der Waals surface area contributed by atoms with Crippen LogP contribution in [0.4, 0.5) is 24.0 Å². The first-order valence-electron chi connectivity index (χ1n) is 9.95. The molecular weight excluding hydrogens is 523 g/mol. The highest BCUT2D eigenvalue weighted by Gasteiger charge is 2.38. The van der Waals surface area contributed by atoms with Crippen molar-refractivity contribution in [3.63, 3.8) is 0 Å². The molecule has 0 fully saturated rings. The summed E-state index contributed by atoms with van der Waals surface area (Å²) in [5, 5.41) is 19.3. The molecule has 4 aromatic heterocycles. The summed E-state index contributed by atoms with van der Waals surface area (Å²) in [6.45, 7) is 3.79. The smallest absolute Gasteiger partial charge is 0.475 e. The Hall–Kier alpha value is -4.04. The second-order valence-electron chi connectivity index (χ2n) is 7.29. The van der Waals surface area contributed by atoms with Gasteiger partial charge in [0.05, 0.1) is 28.1 Å². The van der Waals surface area contributed by atoms with Gasteiger partial charge < -0.3 is 14.8 Å². The standard InChI is InChI=1S/C19H14ClN7OS.C2HF3O2/c1-9-5-11(18-23-10(2)8-28-18)6-15(22-9)17-25-19(29-27-17)24-14-4-3-13-12(16(14)20)7-21-26-13;3-2(4,5)1(6)7/h3-8H,1-2H3,(H,21,26)(H,24,25,27);(H,6,7). The number of aromatic amines is 1. The third-order valence-corrected chi connectivity index (χ3v) is 5.55. The number of benzene rings is 1. The Kier molecular flexibility index (Phi) is 6.90. The number of aryl methyl sites for hydroxylation is 2. The molecule has 3 N–H and O–H groups in total. The zero-order valence-electron chi connectivity index (χ0n) is 18.4. The fourth-order valence-electron chi connectivity index (χ4n) is 2.97. The van der Waals surface area contributed by atoms with E-state index in [0.29, 0.717) is 27.6 Å². The lowest BCUT2D eigenvalue weighted by Gasteiger charge is -2.05. The van der Waals surface area contributed by atoms with Gasteiger partial charge in [0.15, 0.2) is 5.82 Å². The Balaban J connectivity index is 0.000000384. The molecular formula is C21H15ClF3N7O3S. The van der Waals surface area contributed by atoms with E-state index in [0.717, 1.165) is 33.5 Å². The molecule has 15 heteroatoms. The van der Waals surface area contributed by atoms with Crippen LogP contribution >= 0.6 is 23.1 Å². The van der Waals surface area contributed by atoms with Crippen molar-refractivity contribution in [2.45, 2.75) is 20.0 Å². The number of aromatic nitrogens is 6. The van der Waals surface area contributed by atoms with E-state index in [1.807, 2.05) is 38.1 Å². The van der Waals surface area contributed by atoms with Gasteiger partial charge in [-0.2, -0.15) is 27.6 Å². The van der Waals surface area contributed by atoms with Crippen LogP contribution in [0.3, 0.4) is 0 Å². The maximum Gasteiger partial charge on any atom is 0.490 e. The molecule has 10 nitrogen and oxygen atoms in total. The molecule has 0 saturated carbocycles. The average Bonchev–Trinajstić information content (AvgIpc) is 3.56. The predicted molar refractivity (Wildman–Crippen MR) is 126 cm³/mol. The summed E-state index contributed by atoms with van der Waals surface area (Å²) >= 11 is 7.71. The van der Waals surface area contributed by atoms with Crippen molar-refractivity contribution in [3.05, 3.63) is 53.1 Å². The van der Waals surface area contributed by atoms with Crippen LogP contribution in [0.25, 0.3) is 33.9 Å². The molecule has 0 aliphatic rings. The number of fused-ring (bicyclic) bond motifs is 1. The highest BCUT2D eigenvalue weighted by atomic mass is 35.5. The maximum absolute atomic E-state index is 10.6. The van der Waals surface area contributed by atoms with Crippen LogP contribution in [0.15, 0.2) is 41.1 Å². The molecule has 0 unspecified atom stereocenters. The van der Waals surface area contributed by atoms with Gasteiger partial charge in [-0.05, 0) is 38.1 Å².